The Morgan fingerprint density at radius 2 is 2.10 bits per heavy atom. The van der Waals surface area contributed by atoms with Gasteiger partial charge in [-0.05, 0) is 6.42 Å². The minimum absolute atomic E-state index is 0.00711. The zero-order valence-corrected chi connectivity index (χ0v) is 11.8. The first-order chi connectivity index (χ1) is 10.1. The molecule has 0 amide bonds. The molecule has 0 aliphatic carbocycles. The van der Waals surface area contributed by atoms with Gasteiger partial charge in [-0.25, -0.2) is 4.98 Å². The van der Waals surface area contributed by atoms with Gasteiger partial charge in [-0.15, -0.1) is 0 Å². The van der Waals surface area contributed by atoms with Gasteiger partial charge in [-0.2, -0.15) is 0 Å². The molecule has 1 aromatic heterocycles. The van der Waals surface area contributed by atoms with Gasteiger partial charge in [-0.1, -0.05) is 0 Å². The van der Waals surface area contributed by atoms with Crippen molar-refractivity contribution < 1.29 is 9.66 Å². The summed E-state index contributed by atoms with van der Waals surface area (Å²) in [5.74, 6) is 0.784. The summed E-state index contributed by atoms with van der Waals surface area (Å²) in [4.78, 5) is 19.2. The Morgan fingerprint density at radius 3 is 2.81 bits per heavy atom. The van der Waals surface area contributed by atoms with Crippen LogP contribution in [0, 0.1) is 10.1 Å². The average Bonchev–Trinajstić information content (AvgIpc) is 2.97. The average molecular weight is 293 g/mol. The van der Waals surface area contributed by atoms with Crippen LogP contribution in [0.25, 0.3) is 0 Å². The Hall–Kier alpha value is -1.93. The van der Waals surface area contributed by atoms with E-state index in [1.165, 1.54) is 12.1 Å². The van der Waals surface area contributed by atoms with E-state index in [0.29, 0.717) is 11.9 Å². The van der Waals surface area contributed by atoms with E-state index >= 15 is 0 Å². The molecule has 2 aliphatic heterocycles. The lowest BCUT2D eigenvalue weighted by atomic mass is 10.2. The standard InChI is InChI=1S/C13H19N5O3/c14-12-7-11(18(19)20)8-13(15-12)17-2-1-10(9-17)16-3-5-21-6-4-16/h7-8,10H,1-6,9H2,(H2,14,15). The van der Waals surface area contributed by atoms with Crippen LogP contribution >= 0.6 is 0 Å². The number of morpholine rings is 1. The van der Waals surface area contributed by atoms with Gasteiger partial charge in [0.05, 0.1) is 30.3 Å². The van der Waals surface area contributed by atoms with Crippen molar-refractivity contribution in [1.29, 1.82) is 0 Å². The number of hydrogen-bond donors (Lipinski definition) is 1. The molecule has 0 radical (unpaired) electrons. The number of nitro groups is 1. The minimum atomic E-state index is -0.433. The van der Waals surface area contributed by atoms with Crippen LogP contribution in [0.5, 0.6) is 0 Å². The molecule has 8 heteroatoms. The first-order valence-electron chi connectivity index (χ1n) is 7.12. The molecule has 0 bridgehead atoms. The number of anilines is 2. The lowest BCUT2D eigenvalue weighted by Gasteiger charge is -2.32. The van der Waals surface area contributed by atoms with E-state index in [1.54, 1.807) is 0 Å². The highest BCUT2D eigenvalue weighted by molar-refractivity contribution is 5.54. The molecule has 2 N–H and O–H groups in total. The van der Waals surface area contributed by atoms with Crippen molar-refractivity contribution in [2.24, 2.45) is 0 Å². The molecular formula is C13H19N5O3. The second-order valence-electron chi connectivity index (χ2n) is 5.40. The normalized spacial score (nSPS) is 23.4. The Bertz CT molecular complexity index is 533. The number of hydrogen-bond acceptors (Lipinski definition) is 7. The minimum Gasteiger partial charge on any atom is -0.383 e. The molecule has 21 heavy (non-hydrogen) atoms. The zero-order chi connectivity index (χ0) is 14.8. The fourth-order valence-electron chi connectivity index (χ4n) is 2.98. The topological polar surface area (TPSA) is 97.8 Å². The van der Waals surface area contributed by atoms with Crippen LogP contribution in [0.1, 0.15) is 6.42 Å². The van der Waals surface area contributed by atoms with Crippen LogP contribution in [0.3, 0.4) is 0 Å². The Kier molecular flexibility index (Phi) is 3.89. The summed E-state index contributed by atoms with van der Waals surface area (Å²) in [6.45, 7) is 5.12. The SMILES string of the molecule is Nc1cc([N+](=O)[O-])cc(N2CCC(N3CCOCC3)C2)n1. The number of aromatic nitrogens is 1. The molecule has 0 aromatic carbocycles. The summed E-state index contributed by atoms with van der Waals surface area (Å²) in [5, 5.41) is 10.9. The lowest BCUT2D eigenvalue weighted by molar-refractivity contribution is -0.384. The van der Waals surface area contributed by atoms with Crippen molar-refractivity contribution in [1.82, 2.24) is 9.88 Å². The van der Waals surface area contributed by atoms with E-state index in [9.17, 15) is 10.1 Å². The predicted octanol–water partition coefficient (Wildman–Crippen LogP) is 0.483. The van der Waals surface area contributed by atoms with Crippen LogP contribution in [0.2, 0.25) is 0 Å². The van der Waals surface area contributed by atoms with Crippen LogP contribution in [-0.4, -0.2) is 60.2 Å². The number of nitrogen functional groups attached to an aromatic ring is 1. The molecule has 1 unspecified atom stereocenters. The molecule has 2 saturated heterocycles. The summed E-state index contributed by atoms with van der Waals surface area (Å²) >= 11 is 0. The second-order valence-corrected chi connectivity index (χ2v) is 5.40. The number of rotatable bonds is 3. The largest absolute Gasteiger partial charge is 0.383 e. The summed E-state index contributed by atoms with van der Waals surface area (Å²) in [6.07, 6.45) is 1.03. The molecular weight excluding hydrogens is 274 g/mol. The second kappa shape index (κ2) is 5.82. The van der Waals surface area contributed by atoms with Crippen molar-refractivity contribution in [3.05, 3.63) is 22.2 Å². The van der Waals surface area contributed by atoms with Crippen LogP contribution in [-0.2, 0) is 4.74 Å². The molecule has 3 rings (SSSR count). The van der Waals surface area contributed by atoms with E-state index in [4.69, 9.17) is 10.5 Å². The summed E-state index contributed by atoms with van der Waals surface area (Å²) in [6, 6.07) is 3.24. The molecule has 1 aromatic rings. The van der Waals surface area contributed by atoms with Crippen molar-refractivity contribution in [3.8, 4) is 0 Å². The zero-order valence-electron chi connectivity index (χ0n) is 11.8. The Morgan fingerprint density at radius 1 is 1.33 bits per heavy atom. The first kappa shape index (κ1) is 14.0. The van der Waals surface area contributed by atoms with E-state index in [-0.39, 0.29) is 11.5 Å². The smallest absolute Gasteiger partial charge is 0.276 e. The van der Waals surface area contributed by atoms with Gasteiger partial charge in [0.1, 0.15) is 11.6 Å². The summed E-state index contributed by atoms with van der Waals surface area (Å²) in [5.41, 5.74) is 5.67. The highest BCUT2D eigenvalue weighted by Gasteiger charge is 2.30. The highest BCUT2D eigenvalue weighted by atomic mass is 16.6. The maximum absolute atomic E-state index is 10.9. The molecule has 2 fully saturated rings. The quantitative estimate of drug-likeness (QED) is 0.639. The highest BCUT2D eigenvalue weighted by Crippen LogP contribution is 2.26. The third kappa shape index (κ3) is 3.06. The lowest BCUT2D eigenvalue weighted by Crippen LogP contribution is -2.44. The van der Waals surface area contributed by atoms with E-state index < -0.39 is 4.92 Å². The van der Waals surface area contributed by atoms with Gasteiger partial charge in [-0.3, -0.25) is 15.0 Å². The molecule has 0 spiro atoms. The predicted molar refractivity (Wildman–Crippen MR) is 78.3 cm³/mol. The van der Waals surface area contributed by atoms with Crippen molar-refractivity contribution >= 4 is 17.3 Å². The Balaban J connectivity index is 1.72. The third-order valence-corrected chi connectivity index (χ3v) is 4.08. The summed E-state index contributed by atoms with van der Waals surface area (Å²) < 4.78 is 5.37. The van der Waals surface area contributed by atoms with Crippen LogP contribution < -0.4 is 10.6 Å². The molecule has 1 atom stereocenters. The maximum atomic E-state index is 10.9. The first-order valence-corrected chi connectivity index (χ1v) is 7.12. The fourth-order valence-corrected chi connectivity index (χ4v) is 2.98. The summed E-state index contributed by atoms with van der Waals surface area (Å²) in [7, 11) is 0. The fraction of sp³-hybridized carbons (Fsp3) is 0.615. The molecule has 114 valence electrons. The number of pyridine rings is 1. The van der Waals surface area contributed by atoms with Gasteiger partial charge >= 0.3 is 0 Å². The van der Waals surface area contributed by atoms with Crippen LogP contribution in [0.4, 0.5) is 17.3 Å². The third-order valence-electron chi connectivity index (χ3n) is 4.08. The van der Waals surface area contributed by atoms with E-state index in [0.717, 1.165) is 45.8 Å². The molecule has 2 aliphatic rings. The van der Waals surface area contributed by atoms with Crippen molar-refractivity contribution in [3.63, 3.8) is 0 Å². The van der Waals surface area contributed by atoms with E-state index in [1.807, 2.05) is 0 Å². The number of nitrogens with two attached hydrogens (primary N) is 1. The van der Waals surface area contributed by atoms with Crippen LogP contribution in [0.15, 0.2) is 12.1 Å². The van der Waals surface area contributed by atoms with Gasteiger partial charge in [0.2, 0.25) is 0 Å². The number of nitrogens with zero attached hydrogens (tertiary/aromatic N) is 4. The molecule has 8 nitrogen and oxygen atoms in total. The Labute approximate surface area is 122 Å². The number of ether oxygens (including phenoxy) is 1. The van der Waals surface area contributed by atoms with Gasteiger partial charge in [0, 0.05) is 32.2 Å². The van der Waals surface area contributed by atoms with Gasteiger partial charge < -0.3 is 15.4 Å². The molecule has 3 heterocycles. The van der Waals surface area contributed by atoms with Gasteiger partial charge in [0.15, 0.2) is 0 Å². The van der Waals surface area contributed by atoms with Crippen molar-refractivity contribution in [2.75, 3.05) is 50.0 Å². The van der Waals surface area contributed by atoms with E-state index in [2.05, 4.69) is 14.8 Å². The monoisotopic (exact) mass is 293 g/mol. The maximum Gasteiger partial charge on any atom is 0.276 e. The van der Waals surface area contributed by atoms with Crippen molar-refractivity contribution in [2.45, 2.75) is 12.5 Å². The molecule has 0 saturated carbocycles. The van der Waals surface area contributed by atoms with Gasteiger partial charge in [0.25, 0.3) is 5.69 Å².